The molecule has 4 aromatic rings. The zero-order chi connectivity index (χ0) is 33.8. The molecule has 8 heteroatoms. The number of benzene rings is 4. The number of hydrogen-bond acceptors (Lipinski definition) is 8. The first-order chi connectivity index (χ1) is 25.0. The van der Waals surface area contributed by atoms with Crippen LogP contribution in [-0.4, -0.2) is 86.5 Å². The van der Waals surface area contributed by atoms with Crippen molar-refractivity contribution in [1.82, 2.24) is 0 Å². The molecule has 6 aliphatic heterocycles. The molecular formula is C43H42O8. The molecule has 6 unspecified atom stereocenters. The highest BCUT2D eigenvalue weighted by Crippen LogP contribution is 2.60. The minimum absolute atomic E-state index is 0.0840. The topological polar surface area (TPSA) is 116 Å². The average Bonchev–Trinajstić information content (AvgIpc) is 3.91. The number of ether oxygens (including phenoxy) is 6. The maximum absolute atomic E-state index is 12.2. The van der Waals surface area contributed by atoms with E-state index in [2.05, 4.69) is 60.7 Å². The average molecular weight is 687 g/mol. The van der Waals surface area contributed by atoms with Crippen LogP contribution in [-0.2, 0) is 72.4 Å². The smallest absolute Gasteiger partial charge is 0.122 e. The van der Waals surface area contributed by atoms with Gasteiger partial charge in [-0.2, -0.15) is 0 Å². The van der Waals surface area contributed by atoms with Crippen LogP contribution in [0, 0.1) is 0 Å². The van der Waals surface area contributed by atoms with Crippen molar-refractivity contribution in [3.05, 3.63) is 116 Å². The van der Waals surface area contributed by atoms with Crippen molar-refractivity contribution in [3.8, 4) is 22.6 Å². The summed E-state index contributed by atoms with van der Waals surface area (Å²) in [5.41, 5.74) is 12.4. The van der Waals surface area contributed by atoms with Crippen molar-refractivity contribution < 1.29 is 38.6 Å². The van der Waals surface area contributed by atoms with Crippen molar-refractivity contribution in [3.63, 3.8) is 0 Å². The second-order valence-electron chi connectivity index (χ2n) is 15.6. The second kappa shape index (κ2) is 11.6. The first kappa shape index (κ1) is 30.8. The molecular weight excluding hydrogens is 644 g/mol. The molecule has 0 amide bonds. The standard InChI is InChI=1S/C43H42O8/c44-41-23(9-25-17-46-25)11-39(33(13-27-19-48-27)35(41)15-29-21-50-29)43(37-7-3-1-5-31(37)32-6-2-4-8-38(32)43)40-12-24(10-26-18-47-26)42(45)36(16-30-22-51-30)34(40)14-28-20-49-28/h1-8,11-12,25-30,44-45H,9-10,13-22H2. The van der Waals surface area contributed by atoms with E-state index in [9.17, 15) is 10.2 Å². The SMILES string of the molecule is Oc1c(CC2CO2)cc(C2(c3cc(CC4CO4)c(O)c(CC4CO4)c3CC3CO3)c3ccccc3-c3ccccc32)c(CC2CO2)c1CC1CO1. The van der Waals surface area contributed by atoms with E-state index in [1.165, 1.54) is 33.4 Å². The van der Waals surface area contributed by atoms with Gasteiger partial charge in [-0.1, -0.05) is 60.7 Å². The van der Waals surface area contributed by atoms with Gasteiger partial charge in [-0.3, -0.25) is 0 Å². The fraction of sp³-hybridized carbons (Fsp3) is 0.442. The summed E-state index contributed by atoms with van der Waals surface area (Å²) in [7, 11) is 0. The van der Waals surface area contributed by atoms with Gasteiger partial charge in [0.05, 0.1) is 81.7 Å². The van der Waals surface area contributed by atoms with Gasteiger partial charge in [0.25, 0.3) is 0 Å². The highest BCUT2D eigenvalue weighted by atomic mass is 16.6. The number of epoxide rings is 6. The van der Waals surface area contributed by atoms with Crippen molar-refractivity contribution in [2.24, 2.45) is 0 Å². The largest absolute Gasteiger partial charge is 0.507 e. The maximum Gasteiger partial charge on any atom is 0.122 e. The van der Waals surface area contributed by atoms with E-state index < -0.39 is 5.41 Å². The predicted octanol–water partition coefficient (Wildman–Crippen LogP) is 5.11. The lowest BCUT2D eigenvalue weighted by Crippen LogP contribution is -2.33. The number of aromatic hydroxyl groups is 2. The first-order valence-corrected chi connectivity index (χ1v) is 18.7. The third-order valence-corrected chi connectivity index (χ3v) is 12.0. The summed E-state index contributed by atoms with van der Waals surface area (Å²) in [5.74, 6) is 0.733. The Morgan fingerprint density at radius 1 is 0.431 bits per heavy atom. The lowest BCUT2D eigenvalue weighted by Gasteiger charge is -2.39. The van der Waals surface area contributed by atoms with Crippen LogP contribution in [0.25, 0.3) is 11.1 Å². The zero-order valence-electron chi connectivity index (χ0n) is 28.6. The number of rotatable bonds is 14. The molecule has 0 radical (unpaired) electrons. The van der Waals surface area contributed by atoms with Gasteiger partial charge in [0.1, 0.15) is 11.5 Å². The minimum Gasteiger partial charge on any atom is -0.507 e. The number of fused-ring (bicyclic) bond motifs is 3. The quantitative estimate of drug-likeness (QED) is 0.155. The number of phenolic OH excluding ortho intramolecular Hbond substituents is 2. The van der Waals surface area contributed by atoms with E-state index in [-0.39, 0.29) is 36.6 Å². The van der Waals surface area contributed by atoms with Crippen LogP contribution in [0.15, 0.2) is 60.7 Å². The molecule has 2 N–H and O–H groups in total. The monoisotopic (exact) mass is 686 g/mol. The molecule has 6 saturated heterocycles. The Balaban J connectivity index is 1.27. The molecule has 8 nitrogen and oxygen atoms in total. The Hall–Kier alpha value is -3.76. The molecule has 1 aliphatic carbocycles. The Morgan fingerprint density at radius 3 is 1.10 bits per heavy atom. The van der Waals surface area contributed by atoms with Gasteiger partial charge in [0.2, 0.25) is 0 Å². The van der Waals surface area contributed by atoms with Gasteiger partial charge in [-0.25, -0.2) is 0 Å². The molecule has 6 fully saturated rings. The molecule has 262 valence electrons. The van der Waals surface area contributed by atoms with E-state index in [1.807, 2.05) is 0 Å². The van der Waals surface area contributed by atoms with Crippen LogP contribution in [0.5, 0.6) is 11.5 Å². The molecule has 4 aromatic carbocycles. The summed E-state index contributed by atoms with van der Waals surface area (Å²) in [6.07, 6.45) is 4.51. The van der Waals surface area contributed by atoms with E-state index in [4.69, 9.17) is 28.4 Å². The van der Waals surface area contributed by atoms with Crippen molar-refractivity contribution >= 4 is 0 Å². The van der Waals surface area contributed by atoms with Crippen LogP contribution in [0.2, 0.25) is 0 Å². The molecule has 6 heterocycles. The fourth-order valence-corrected chi connectivity index (χ4v) is 9.02. The van der Waals surface area contributed by atoms with Gasteiger partial charge < -0.3 is 38.6 Å². The summed E-state index contributed by atoms with van der Waals surface area (Å²) >= 11 is 0. The fourth-order valence-electron chi connectivity index (χ4n) is 9.02. The summed E-state index contributed by atoms with van der Waals surface area (Å²) in [4.78, 5) is 0. The summed E-state index contributed by atoms with van der Waals surface area (Å²) in [5, 5.41) is 24.3. The van der Waals surface area contributed by atoms with Crippen LogP contribution >= 0.6 is 0 Å². The van der Waals surface area contributed by atoms with Crippen LogP contribution in [0.3, 0.4) is 0 Å². The Kier molecular flexibility index (Phi) is 7.02. The van der Waals surface area contributed by atoms with Gasteiger partial charge >= 0.3 is 0 Å². The van der Waals surface area contributed by atoms with Gasteiger partial charge in [-0.05, 0) is 55.6 Å². The highest BCUT2D eigenvalue weighted by molar-refractivity contribution is 5.88. The van der Waals surface area contributed by atoms with Crippen LogP contribution in [0.1, 0.15) is 55.6 Å². The Bertz CT molecular complexity index is 1900. The third-order valence-electron chi connectivity index (χ3n) is 12.0. The van der Waals surface area contributed by atoms with Crippen molar-refractivity contribution in [2.75, 3.05) is 39.6 Å². The van der Waals surface area contributed by atoms with E-state index in [0.29, 0.717) is 89.7 Å². The zero-order valence-corrected chi connectivity index (χ0v) is 28.6. The van der Waals surface area contributed by atoms with Crippen LogP contribution in [0.4, 0.5) is 0 Å². The maximum atomic E-state index is 12.2. The molecule has 6 atom stereocenters. The predicted molar refractivity (Wildman–Crippen MR) is 188 cm³/mol. The summed E-state index contributed by atoms with van der Waals surface area (Å²) in [6.45, 7) is 4.21. The van der Waals surface area contributed by atoms with Crippen molar-refractivity contribution in [2.45, 2.75) is 80.6 Å². The Labute approximate surface area is 297 Å². The second-order valence-corrected chi connectivity index (χ2v) is 15.6. The summed E-state index contributed by atoms with van der Waals surface area (Å²) < 4.78 is 35.1. The molecule has 0 spiro atoms. The molecule has 51 heavy (non-hydrogen) atoms. The molecule has 7 aliphatic rings. The first-order valence-electron chi connectivity index (χ1n) is 18.7. The summed E-state index contributed by atoms with van der Waals surface area (Å²) in [6, 6.07) is 22.3. The molecule has 0 aromatic heterocycles. The third kappa shape index (κ3) is 5.50. The molecule has 0 saturated carbocycles. The lowest BCUT2D eigenvalue weighted by molar-refractivity contribution is 0.388. The lowest BCUT2D eigenvalue weighted by atomic mass is 9.62. The highest BCUT2D eigenvalue weighted by Gasteiger charge is 2.51. The van der Waals surface area contributed by atoms with Gasteiger partial charge in [-0.15, -0.1) is 0 Å². The molecule has 0 bridgehead atoms. The Morgan fingerprint density at radius 2 is 0.745 bits per heavy atom. The van der Waals surface area contributed by atoms with Crippen LogP contribution < -0.4 is 0 Å². The minimum atomic E-state index is -0.764. The van der Waals surface area contributed by atoms with E-state index in [1.54, 1.807) is 0 Å². The normalized spacial score (nSPS) is 28.2. The van der Waals surface area contributed by atoms with Gasteiger partial charge in [0.15, 0.2) is 0 Å². The van der Waals surface area contributed by atoms with E-state index in [0.717, 1.165) is 33.4 Å². The number of phenols is 2. The number of hydrogen-bond donors (Lipinski definition) is 2. The van der Waals surface area contributed by atoms with Gasteiger partial charge in [0, 0.05) is 49.7 Å². The van der Waals surface area contributed by atoms with Crippen molar-refractivity contribution in [1.29, 1.82) is 0 Å². The van der Waals surface area contributed by atoms with E-state index >= 15 is 0 Å². The molecule has 11 rings (SSSR count).